The number of fused-ring (bicyclic) bond motifs is 1. The number of carbonyl (C=O) groups excluding carboxylic acids is 2. The molecule has 2 amide bonds. The Morgan fingerprint density at radius 1 is 1.12 bits per heavy atom. The molecule has 132 valence electrons. The van der Waals surface area contributed by atoms with Gasteiger partial charge in [-0.15, -0.1) is 0 Å². The molecule has 4 rings (SSSR count). The van der Waals surface area contributed by atoms with Gasteiger partial charge in [-0.05, 0) is 36.4 Å². The summed E-state index contributed by atoms with van der Waals surface area (Å²) in [4.78, 5) is 30.2. The Labute approximate surface area is 151 Å². The van der Waals surface area contributed by atoms with Gasteiger partial charge in [0.25, 0.3) is 0 Å². The molecule has 0 spiro atoms. The fraction of sp³-hybridized carbons (Fsp3) is 0.250. The molecule has 0 radical (unpaired) electrons. The third kappa shape index (κ3) is 2.83. The Bertz CT molecular complexity index is 991. The first-order valence-corrected chi connectivity index (χ1v) is 8.59. The van der Waals surface area contributed by atoms with E-state index in [2.05, 4.69) is 14.9 Å². The SMILES string of the molecule is CN1CC(C(=O)Nc2ccc(-c3nc4ccccc4n3C)cc2)CC1=O. The highest BCUT2D eigenvalue weighted by Crippen LogP contribution is 2.25. The Morgan fingerprint density at radius 3 is 2.50 bits per heavy atom. The van der Waals surface area contributed by atoms with Gasteiger partial charge < -0.3 is 14.8 Å². The molecule has 0 aliphatic carbocycles. The van der Waals surface area contributed by atoms with Crippen molar-refractivity contribution in [2.24, 2.45) is 13.0 Å². The van der Waals surface area contributed by atoms with Gasteiger partial charge in [0.1, 0.15) is 5.82 Å². The number of carbonyl (C=O) groups is 2. The molecule has 0 saturated carbocycles. The number of likely N-dealkylation sites (tertiary alicyclic amines) is 1. The number of para-hydroxylation sites is 2. The van der Waals surface area contributed by atoms with Crippen LogP contribution in [0.3, 0.4) is 0 Å². The fourth-order valence-corrected chi connectivity index (χ4v) is 3.39. The van der Waals surface area contributed by atoms with Crippen LogP contribution in [0, 0.1) is 5.92 Å². The van der Waals surface area contributed by atoms with Crippen LogP contribution < -0.4 is 5.32 Å². The van der Waals surface area contributed by atoms with E-state index >= 15 is 0 Å². The van der Waals surface area contributed by atoms with Crippen LogP contribution in [0.25, 0.3) is 22.4 Å². The van der Waals surface area contributed by atoms with Gasteiger partial charge in [-0.25, -0.2) is 4.98 Å². The molecular formula is C20H20N4O2. The van der Waals surface area contributed by atoms with Crippen LogP contribution >= 0.6 is 0 Å². The summed E-state index contributed by atoms with van der Waals surface area (Å²) in [6, 6.07) is 15.6. The smallest absolute Gasteiger partial charge is 0.229 e. The Hall–Kier alpha value is -3.15. The average Bonchev–Trinajstić information content (AvgIpc) is 3.16. The van der Waals surface area contributed by atoms with Gasteiger partial charge in [0, 0.05) is 38.3 Å². The third-order valence-electron chi connectivity index (χ3n) is 4.91. The summed E-state index contributed by atoms with van der Waals surface area (Å²) >= 11 is 0. The van der Waals surface area contributed by atoms with Crippen molar-refractivity contribution < 1.29 is 9.59 Å². The van der Waals surface area contributed by atoms with E-state index in [0.29, 0.717) is 6.54 Å². The molecule has 1 atom stereocenters. The first-order valence-electron chi connectivity index (χ1n) is 8.59. The summed E-state index contributed by atoms with van der Waals surface area (Å²) in [5, 5.41) is 2.90. The maximum Gasteiger partial charge on any atom is 0.229 e. The van der Waals surface area contributed by atoms with Gasteiger partial charge in [-0.2, -0.15) is 0 Å². The molecule has 2 heterocycles. The van der Waals surface area contributed by atoms with Crippen LogP contribution in [0.15, 0.2) is 48.5 Å². The van der Waals surface area contributed by atoms with Crippen molar-refractivity contribution in [1.82, 2.24) is 14.5 Å². The molecular weight excluding hydrogens is 328 g/mol. The zero-order chi connectivity index (χ0) is 18.3. The summed E-state index contributed by atoms with van der Waals surface area (Å²) in [7, 11) is 3.72. The van der Waals surface area contributed by atoms with E-state index in [1.807, 2.05) is 55.6 Å². The highest BCUT2D eigenvalue weighted by Gasteiger charge is 2.32. The van der Waals surface area contributed by atoms with E-state index in [-0.39, 0.29) is 24.2 Å². The molecule has 1 aromatic heterocycles. The number of imidazole rings is 1. The van der Waals surface area contributed by atoms with Crippen molar-refractivity contribution in [2.45, 2.75) is 6.42 Å². The average molecular weight is 348 g/mol. The lowest BCUT2D eigenvalue weighted by Gasteiger charge is -2.11. The van der Waals surface area contributed by atoms with E-state index < -0.39 is 0 Å². The van der Waals surface area contributed by atoms with Gasteiger partial charge in [-0.1, -0.05) is 12.1 Å². The number of amides is 2. The van der Waals surface area contributed by atoms with Crippen LogP contribution in [-0.4, -0.2) is 39.9 Å². The number of benzene rings is 2. The number of nitrogens with zero attached hydrogens (tertiary/aromatic N) is 3. The van der Waals surface area contributed by atoms with E-state index in [4.69, 9.17) is 0 Å². The summed E-state index contributed by atoms with van der Waals surface area (Å²) in [5.74, 6) is 0.500. The Kier molecular flexibility index (Phi) is 3.95. The first kappa shape index (κ1) is 16.3. The van der Waals surface area contributed by atoms with Crippen LogP contribution in [0.2, 0.25) is 0 Å². The fourth-order valence-electron chi connectivity index (χ4n) is 3.39. The monoisotopic (exact) mass is 348 g/mol. The molecule has 1 aliphatic heterocycles. The van der Waals surface area contributed by atoms with E-state index in [0.717, 1.165) is 28.1 Å². The quantitative estimate of drug-likeness (QED) is 0.791. The summed E-state index contributed by atoms with van der Waals surface area (Å²) in [6.07, 6.45) is 0.278. The number of hydrogen-bond donors (Lipinski definition) is 1. The first-order chi connectivity index (χ1) is 12.5. The summed E-state index contributed by atoms with van der Waals surface area (Å²) < 4.78 is 2.06. The van der Waals surface area contributed by atoms with Gasteiger partial charge in [-0.3, -0.25) is 9.59 Å². The second-order valence-electron chi connectivity index (χ2n) is 6.73. The van der Waals surface area contributed by atoms with Gasteiger partial charge in [0.15, 0.2) is 0 Å². The lowest BCUT2D eigenvalue weighted by Crippen LogP contribution is -2.25. The molecule has 0 bridgehead atoms. The predicted octanol–water partition coefficient (Wildman–Crippen LogP) is 2.66. The van der Waals surface area contributed by atoms with Gasteiger partial charge in [0.2, 0.25) is 11.8 Å². The van der Waals surface area contributed by atoms with Crippen molar-refractivity contribution in [3.05, 3.63) is 48.5 Å². The molecule has 6 heteroatoms. The highest BCUT2D eigenvalue weighted by atomic mass is 16.2. The van der Waals surface area contributed by atoms with Crippen LogP contribution in [0.4, 0.5) is 5.69 Å². The standard InChI is InChI=1S/C20H20N4O2/c1-23-12-14(11-18(23)25)20(26)21-15-9-7-13(8-10-15)19-22-16-5-3-4-6-17(16)24(19)2/h3-10,14H,11-12H2,1-2H3,(H,21,26). The van der Waals surface area contributed by atoms with Crippen molar-refractivity contribution >= 4 is 28.5 Å². The summed E-state index contributed by atoms with van der Waals surface area (Å²) in [5.41, 5.74) is 3.74. The third-order valence-corrected chi connectivity index (χ3v) is 4.91. The number of aromatic nitrogens is 2. The van der Waals surface area contributed by atoms with Crippen molar-refractivity contribution in [3.8, 4) is 11.4 Å². The maximum absolute atomic E-state index is 12.3. The van der Waals surface area contributed by atoms with E-state index in [1.165, 1.54) is 0 Å². The molecule has 1 unspecified atom stereocenters. The zero-order valence-corrected chi connectivity index (χ0v) is 14.8. The molecule has 1 saturated heterocycles. The molecule has 6 nitrogen and oxygen atoms in total. The minimum atomic E-state index is -0.285. The predicted molar refractivity (Wildman–Crippen MR) is 101 cm³/mol. The lowest BCUT2D eigenvalue weighted by atomic mass is 10.1. The summed E-state index contributed by atoms with van der Waals surface area (Å²) in [6.45, 7) is 0.475. The Morgan fingerprint density at radius 2 is 1.85 bits per heavy atom. The van der Waals surface area contributed by atoms with Crippen molar-refractivity contribution in [2.75, 3.05) is 18.9 Å². The zero-order valence-electron chi connectivity index (χ0n) is 14.8. The van der Waals surface area contributed by atoms with Crippen molar-refractivity contribution in [3.63, 3.8) is 0 Å². The number of aryl methyl sites for hydroxylation is 1. The normalized spacial score (nSPS) is 17.1. The number of rotatable bonds is 3. The van der Waals surface area contributed by atoms with E-state index in [9.17, 15) is 9.59 Å². The molecule has 1 aliphatic rings. The molecule has 1 fully saturated rings. The maximum atomic E-state index is 12.3. The highest BCUT2D eigenvalue weighted by molar-refractivity contribution is 5.97. The largest absolute Gasteiger partial charge is 0.345 e. The number of hydrogen-bond acceptors (Lipinski definition) is 3. The van der Waals surface area contributed by atoms with E-state index in [1.54, 1.807) is 11.9 Å². The minimum absolute atomic E-state index is 0.0161. The lowest BCUT2D eigenvalue weighted by molar-refractivity contribution is -0.127. The van der Waals surface area contributed by atoms with Crippen LogP contribution in [-0.2, 0) is 16.6 Å². The molecule has 3 aromatic rings. The topological polar surface area (TPSA) is 67.2 Å². The van der Waals surface area contributed by atoms with Gasteiger partial charge in [0.05, 0.1) is 17.0 Å². The number of anilines is 1. The molecule has 1 N–H and O–H groups in total. The minimum Gasteiger partial charge on any atom is -0.345 e. The second-order valence-corrected chi connectivity index (χ2v) is 6.73. The Balaban J connectivity index is 1.52. The molecule has 2 aromatic carbocycles. The second kappa shape index (κ2) is 6.29. The number of nitrogens with one attached hydrogen (secondary N) is 1. The van der Waals surface area contributed by atoms with Crippen LogP contribution in [0.5, 0.6) is 0 Å². The van der Waals surface area contributed by atoms with Gasteiger partial charge >= 0.3 is 0 Å². The molecule has 26 heavy (non-hydrogen) atoms. The van der Waals surface area contributed by atoms with Crippen molar-refractivity contribution in [1.29, 1.82) is 0 Å². The van der Waals surface area contributed by atoms with Crippen LogP contribution in [0.1, 0.15) is 6.42 Å².